The van der Waals surface area contributed by atoms with E-state index in [4.69, 9.17) is 37.0 Å². The second-order valence-corrected chi connectivity index (χ2v) is 33.8. The second kappa shape index (κ2) is 75.5. The molecule has 3 N–H and O–H groups in total. The Labute approximate surface area is 632 Å². The van der Waals surface area contributed by atoms with Crippen molar-refractivity contribution in [2.45, 2.75) is 464 Å². The first-order valence-electron chi connectivity index (χ1n) is 43.5. The molecule has 17 nitrogen and oxygen atoms in total. The predicted octanol–water partition coefficient (Wildman–Crippen LogP) is 25.5. The van der Waals surface area contributed by atoms with Gasteiger partial charge in [-0.05, 0) is 37.5 Å². The molecule has 0 aliphatic rings. The summed E-state index contributed by atoms with van der Waals surface area (Å²) in [6.45, 7) is 9.71. The van der Waals surface area contributed by atoms with Gasteiger partial charge in [-0.15, -0.1) is 0 Å². The van der Waals surface area contributed by atoms with Crippen LogP contribution < -0.4 is 0 Å². The fourth-order valence-corrected chi connectivity index (χ4v) is 14.6. The van der Waals surface area contributed by atoms with Gasteiger partial charge in [0.25, 0.3) is 0 Å². The normalized spacial score (nSPS) is 14.1. The van der Waals surface area contributed by atoms with Gasteiger partial charge in [0.05, 0.1) is 26.4 Å². The van der Waals surface area contributed by atoms with Crippen LogP contribution in [0.1, 0.15) is 446 Å². The van der Waals surface area contributed by atoms with Gasteiger partial charge in [0, 0.05) is 25.7 Å². The van der Waals surface area contributed by atoms with E-state index in [2.05, 4.69) is 41.5 Å². The van der Waals surface area contributed by atoms with Crippen LogP contribution >= 0.6 is 15.6 Å². The van der Waals surface area contributed by atoms with E-state index in [1.165, 1.54) is 257 Å². The zero-order valence-electron chi connectivity index (χ0n) is 67.6. The van der Waals surface area contributed by atoms with Gasteiger partial charge in [-0.3, -0.25) is 37.3 Å². The zero-order chi connectivity index (χ0) is 75.6. The molecule has 0 bridgehead atoms. The summed E-state index contributed by atoms with van der Waals surface area (Å²) in [5, 5.41) is 10.7. The van der Waals surface area contributed by atoms with Crippen LogP contribution in [-0.2, 0) is 65.4 Å². The third-order valence-corrected chi connectivity index (χ3v) is 22.0. The smallest absolute Gasteiger partial charge is 0.462 e. The Morgan fingerprint density at radius 3 is 0.738 bits per heavy atom. The Bertz CT molecular complexity index is 1980. The van der Waals surface area contributed by atoms with Gasteiger partial charge in [-0.1, -0.05) is 395 Å². The van der Waals surface area contributed by atoms with Crippen LogP contribution in [0.2, 0.25) is 0 Å². The van der Waals surface area contributed by atoms with Crippen LogP contribution in [0.4, 0.5) is 0 Å². The number of phosphoric acid groups is 2. The largest absolute Gasteiger partial charge is 0.472 e. The molecule has 0 heterocycles. The molecule has 0 aromatic heterocycles. The molecule has 0 saturated heterocycles. The minimum absolute atomic E-state index is 0.108. The highest BCUT2D eigenvalue weighted by Crippen LogP contribution is 2.45. The molecular formula is C84H164O17P2. The van der Waals surface area contributed by atoms with Gasteiger partial charge in [-0.25, -0.2) is 9.13 Å². The van der Waals surface area contributed by atoms with E-state index < -0.39 is 97.5 Å². The van der Waals surface area contributed by atoms with E-state index in [-0.39, 0.29) is 25.7 Å². The Hall–Kier alpha value is -1.94. The summed E-state index contributed by atoms with van der Waals surface area (Å²) in [6.07, 6.45) is 66.6. The number of unbranched alkanes of at least 4 members (excludes halogenated alkanes) is 52. The Morgan fingerprint density at radius 1 is 0.282 bits per heavy atom. The number of ether oxygens (including phenoxy) is 4. The van der Waals surface area contributed by atoms with Crippen molar-refractivity contribution in [3.8, 4) is 0 Å². The fraction of sp³-hybridized carbons (Fsp3) is 0.952. The quantitative estimate of drug-likeness (QED) is 0.0222. The van der Waals surface area contributed by atoms with Crippen LogP contribution in [0.5, 0.6) is 0 Å². The van der Waals surface area contributed by atoms with Crippen molar-refractivity contribution in [3.63, 3.8) is 0 Å². The molecular weight excluding hydrogens is 1340 g/mol. The summed E-state index contributed by atoms with van der Waals surface area (Å²) in [5.41, 5.74) is 0. The molecule has 612 valence electrons. The number of carbonyl (C=O) groups is 4. The molecule has 0 saturated carbocycles. The van der Waals surface area contributed by atoms with Crippen molar-refractivity contribution >= 4 is 39.5 Å². The second-order valence-electron chi connectivity index (χ2n) is 30.9. The number of hydrogen-bond donors (Lipinski definition) is 3. The number of aliphatic hydroxyl groups is 1. The summed E-state index contributed by atoms with van der Waals surface area (Å²) < 4.78 is 68.8. The molecule has 3 unspecified atom stereocenters. The molecule has 0 spiro atoms. The third kappa shape index (κ3) is 76.6. The van der Waals surface area contributed by atoms with Crippen LogP contribution in [0.3, 0.4) is 0 Å². The lowest BCUT2D eigenvalue weighted by Gasteiger charge is -2.21. The van der Waals surface area contributed by atoms with Crippen LogP contribution in [-0.4, -0.2) is 96.7 Å². The number of carbonyl (C=O) groups excluding carboxylic acids is 4. The number of phosphoric ester groups is 2. The lowest BCUT2D eigenvalue weighted by Crippen LogP contribution is -2.30. The molecule has 103 heavy (non-hydrogen) atoms. The first-order valence-corrected chi connectivity index (χ1v) is 46.5. The van der Waals surface area contributed by atoms with E-state index in [0.29, 0.717) is 25.7 Å². The highest BCUT2D eigenvalue weighted by Gasteiger charge is 2.30. The van der Waals surface area contributed by atoms with Crippen LogP contribution in [0.25, 0.3) is 0 Å². The number of esters is 4. The van der Waals surface area contributed by atoms with Crippen molar-refractivity contribution in [1.82, 2.24) is 0 Å². The summed E-state index contributed by atoms with van der Waals surface area (Å²) in [5.74, 6) is -0.454. The number of rotatable bonds is 83. The molecule has 0 aliphatic heterocycles. The zero-order valence-corrected chi connectivity index (χ0v) is 69.4. The summed E-state index contributed by atoms with van der Waals surface area (Å²) in [6, 6.07) is 0. The van der Waals surface area contributed by atoms with E-state index in [0.717, 1.165) is 108 Å². The van der Waals surface area contributed by atoms with Crippen molar-refractivity contribution in [2.24, 2.45) is 11.8 Å². The monoisotopic (exact) mass is 1510 g/mol. The molecule has 0 amide bonds. The van der Waals surface area contributed by atoms with Crippen molar-refractivity contribution in [2.75, 3.05) is 39.6 Å². The Balaban J connectivity index is 5.19. The molecule has 0 aliphatic carbocycles. The van der Waals surface area contributed by atoms with Gasteiger partial charge in [0.2, 0.25) is 0 Å². The number of aliphatic hydroxyl groups excluding tert-OH is 1. The molecule has 0 aromatic rings. The van der Waals surface area contributed by atoms with E-state index in [1.807, 2.05) is 0 Å². The third-order valence-electron chi connectivity index (χ3n) is 20.1. The lowest BCUT2D eigenvalue weighted by molar-refractivity contribution is -0.161. The number of hydrogen-bond acceptors (Lipinski definition) is 15. The molecule has 0 rings (SSSR count). The maximum Gasteiger partial charge on any atom is 0.472 e. The molecule has 6 atom stereocenters. The van der Waals surface area contributed by atoms with Gasteiger partial charge >= 0.3 is 39.5 Å². The Kier molecular flexibility index (Phi) is 74.1. The average molecular weight is 1510 g/mol. The summed E-state index contributed by atoms with van der Waals surface area (Å²) in [4.78, 5) is 73.1. The minimum atomic E-state index is -4.96. The van der Waals surface area contributed by atoms with Gasteiger partial charge in [-0.2, -0.15) is 0 Å². The average Bonchev–Trinajstić information content (AvgIpc) is 0.924. The van der Waals surface area contributed by atoms with E-state index >= 15 is 0 Å². The highest BCUT2D eigenvalue weighted by molar-refractivity contribution is 7.47. The fourth-order valence-electron chi connectivity index (χ4n) is 13.0. The molecule has 0 aromatic carbocycles. The molecule has 0 fully saturated rings. The van der Waals surface area contributed by atoms with Gasteiger partial charge in [0.15, 0.2) is 12.2 Å². The predicted molar refractivity (Wildman–Crippen MR) is 423 cm³/mol. The molecule has 19 heteroatoms. The Morgan fingerprint density at radius 2 is 0.495 bits per heavy atom. The van der Waals surface area contributed by atoms with Crippen LogP contribution in [0, 0.1) is 11.8 Å². The SMILES string of the molecule is CCCCCCCCCCCCCCCCCCCCCC(=O)O[C@H](COC(=O)CCCCCCCCCCCCCCCCCC(C)C)COP(=O)(O)OC[C@@H](O)COP(=O)(O)OC[C@@H](COC(=O)CCCCCCCCCC)OC(=O)CCCCCCCCCCCCCCCCC(C)CC. The molecule has 0 radical (unpaired) electrons. The standard InChI is InChI=1S/C84H164O17P2/c1-7-10-12-14-16-18-19-20-21-22-23-24-27-34-39-44-50-56-62-68-84(89)101-80(73-95-82(87)67-61-55-49-43-38-33-28-25-26-31-36-41-46-52-58-64-76(4)5)75-99-103(92,93)97-71-78(85)70-96-102(90,91)98-74-79(72-94-81(86)66-60-54-48-17-15-13-11-8-2)100-83(88)69-63-57-51-45-40-35-30-29-32-37-42-47-53-59-65-77(6)9-3/h76-80,85H,7-75H2,1-6H3,(H,90,91)(H,92,93)/t77?,78-,79+,80+/m0/s1. The summed E-state index contributed by atoms with van der Waals surface area (Å²) >= 11 is 0. The lowest BCUT2D eigenvalue weighted by atomic mass is 9.99. The highest BCUT2D eigenvalue weighted by atomic mass is 31.2. The van der Waals surface area contributed by atoms with Gasteiger partial charge < -0.3 is 33.8 Å². The summed E-state index contributed by atoms with van der Waals surface area (Å²) in [7, 11) is -9.92. The topological polar surface area (TPSA) is 237 Å². The maximum atomic E-state index is 13.1. The maximum absolute atomic E-state index is 13.1. The van der Waals surface area contributed by atoms with Crippen molar-refractivity contribution in [3.05, 3.63) is 0 Å². The first kappa shape index (κ1) is 101. The van der Waals surface area contributed by atoms with Crippen LogP contribution in [0.15, 0.2) is 0 Å². The van der Waals surface area contributed by atoms with Gasteiger partial charge in [0.1, 0.15) is 19.3 Å². The van der Waals surface area contributed by atoms with E-state index in [1.54, 1.807) is 0 Å². The minimum Gasteiger partial charge on any atom is -0.462 e. The van der Waals surface area contributed by atoms with Crippen molar-refractivity contribution < 1.29 is 80.2 Å². The first-order chi connectivity index (χ1) is 49.9. The van der Waals surface area contributed by atoms with E-state index in [9.17, 15) is 43.2 Å². The van der Waals surface area contributed by atoms with Crippen molar-refractivity contribution in [1.29, 1.82) is 0 Å².